The van der Waals surface area contributed by atoms with Crippen LogP contribution in [0.1, 0.15) is 25.1 Å². The van der Waals surface area contributed by atoms with Crippen molar-refractivity contribution < 1.29 is 0 Å². The first-order valence-electron chi connectivity index (χ1n) is 6.72. The third-order valence-corrected chi connectivity index (χ3v) is 3.58. The Balaban J connectivity index is 0.00000180. The number of hydrogen-bond acceptors (Lipinski definition) is 2. The molecule has 0 saturated heterocycles. The molecule has 1 fully saturated rings. The van der Waals surface area contributed by atoms with E-state index in [4.69, 9.17) is 0 Å². The first-order chi connectivity index (χ1) is 8.79. The molecule has 0 aromatic carbocycles. The predicted octanol–water partition coefficient (Wildman–Crippen LogP) is 1.77. The molecule has 0 bridgehead atoms. The molecule has 5 nitrogen and oxygen atoms in total. The summed E-state index contributed by atoms with van der Waals surface area (Å²) >= 11 is 0. The van der Waals surface area contributed by atoms with Gasteiger partial charge in [0.1, 0.15) is 5.82 Å². The van der Waals surface area contributed by atoms with Gasteiger partial charge in [0.15, 0.2) is 5.96 Å². The number of nitrogens with one attached hydrogen (secondary N) is 2. The van der Waals surface area contributed by atoms with Gasteiger partial charge in [-0.3, -0.25) is 4.99 Å². The zero-order chi connectivity index (χ0) is 12.8. The standard InChI is InChI=1S/C13H23N5.HI/c1-11-15-6-8-18(11)9-7-16-13(14-2)17-10-12-4-3-5-12;/h6,8,12H,3-5,7,9-10H2,1-2H3,(H2,14,16,17);1H. The second kappa shape index (κ2) is 8.39. The Morgan fingerprint density at radius 3 is 2.79 bits per heavy atom. The average Bonchev–Trinajstić information content (AvgIpc) is 2.71. The SMILES string of the molecule is CN=C(NCCn1ccnc1C)NCC1CCC1.I. The van der Waals surface area contributed by atoms with Crippen LogP contribution in [0.4, 0.5) is 0 Å². The quantitative estimate of drug-likeness (QED) is 0.467. The smallest absolute Gasteiger partial charge is 0.191 e. The van der Waals surface area contributed by atoms with Crippen LogP contribution < -0.4 is 10.6 Å². The lowest BCUT2D eigenvalue weighted by Crippen LogP contribution is -2.42. The predicted molar refractivity (Wildman–Crippen MR) is 89.1 cm³/mol. The van der Waals surface area contributed by atoms with Gasteiger partial charge in [-0.25, -0.2) is 4.98 Å². The maximum atomic E-state index is 4.23. The molecule has 6 heteroatoms. The zero-order valence-electron chi connectivity index (χ0n) is 11.7. The maximum Gasteiger partial charge on any atom is 0.191 e. The van der Waals surface area contributed by atoms with Gasteiger partial charge in [-0.05, 0) is 25.7 Å². The summed E-state index contributed by atoms with van der Waals surface area (Å²) in [4.78, 5) is 8.43. The average molecular weight is 377 g/mol. The van der Waals surface area contributed by atoms with Gasteiger partial charge in [0, 0.05) is 39.1 Å². The van der Waals surface area contributed by atoms with E-state index in [1.54, 1.807) is 0 Å². The molecule has 0 unspecified atom stereocenters. The van der Waals surface area contributed by atoms with Crippen LogP contribution in [0, 0.1) is 12.8 Å². The molecular formula is C13H24IN5. The van der Waals surface area contributed by atoms with Crippen molar-refractivity contribution in [2.75, 3.05) is 20.1 Å². The van der Waals surface area contributed by atoms with Gasteiger partial charge in [0.2, 0.25) is 0 Å². The molecule has 0 radical (unpaired) electrons. The molecule has 0 spiro atoms. The molecule has 1 heterocycles. The van der Waals surface area contributed by atoms with Crippen LogP contribution in [0.2, 0.25) is 0 Å². The number of imidazole rings is 1. The van der Waals surface area contributed by atoms with E-state index in [9.17, 15) is 0 Å². The Bertz CT molecular complexity index is 397. The minimum atomic E-state index is 0. The summed E-state index contributed by atoms with van der Waals surface area (Å²) in [5, 5.41) is 6.71. The van der Waals surface area contributed by atoms with Crippen LogP contribution in [0.15, 0.2) is 17.4 Å². The van der Waals surface area contributed by atoms with Crippen LogP contribution in [0.5, 0.6) is 0 Å². The normalized spacial score (nSPS) is 15.6. The molecule has 108 valence electrons. The number of halogens is 1. The molecule has 19 heavy (non-hydrogen) atoms. The van der Waals surface area contributed by atoms with Crippen LogP contribution in [0.25, 0.3) is 0 Å². The molecule has 1 aliphatic carbocycles. The van der Waals surface area contributed by atoms with Crippen molar-refractivity contribution in [2.45, 2.75) is 32.7 Å². The molecule has 1 aromatic heterocycles. The van der Waals surface area contributed by atoms with E-state index in [1.165, 1.54) is 19.3 Å². The topological polar surface area (TPSA) is 54.2 Å². The number of guanidine groups is 1. The summed E-state index contributed by atoms with van der Waals surface area (Å²) in [6.45, 7) is 4.84. The number of aliphatic imine (C=N–C) groups is 1. The Hall–Kier alpha value is -0.790. The molecule has 1 aliphatic rings. The first kappa shape index (κ1) is 16.3. The maximum absolute atomic E-state index is 4.23. The zero-order valence-corrected chi connectivity index (χ0v) is 14.1. The van der Waals surface area contributed by atoms with Gasteiger partial charge in [-0.1, -0.05) is 6.42 Å². The van der Waals surface area contributed by atoms with Gasteiger partial charge in [-0.2, -0.15) is 0 Å². The highest BCUT2D eigenvalue weighted by molar-refractivity contribution is 14.0. The van der Waals surface area contributed by atoms with Crippen LogP contribution in [-0.2, 0) is 6.54 Å². The monoisotopic (exact) mass is 377 g/mol. The highest BCUT2D eigenvalue weighted by atomic mass is 127. The second-order valence-corrected chi connectivity index (χ2v) is 4.84. The van der Waals surface area contributed by atoms with Crippen molar-refractivity contribution in [1.29, 1.82) is 0 Å². The molecule has 1 saturated carbocycles. The number of nitrogens with zero attached hydrogens (tertiary/aromatic N) is 3. The Morgan fingerprint density at radius 1 is 1.47 bits per heavy atom. The lowest BCUT2D eigenvalue weighted by molar-refractivity contribution is 0.314. The van der Waals surface area contributed by atoms with E-state index in [0.717, 1.165) is 37.3 Å². The summed E-state index contributed by atoms with van der Waals surface area (Å²) in [5.41, 5.74) is 0. The fourth-order valence-corrected chi connectivity index (χ4v) is 2.09. The minimum Gasteiger partial charge on any atom is -0.356 e. The van der Waals surface area contributed by atoms with E-state index < -0.39 is 0 Å². The van der Waals surface area contributed by atoms with Crippen LogP contribution >= 0.6 is 24.0 Å². The van der Waals surface area contributed by atoms with Crippen molar-refractivity contribution in [2.24, 2.45) is 10.9 Å². The Morgan fingerprint density at radius 2 is 2.26 bits per heavy atom. The first-order valence-corrected chi connectivity index (χ1v) is 6.72. The lowest BCUT2D eigenvalue weighted by Gasteiger charge is -2.26. The van der Waals surface area contributed by atoms with Crippen molar-refractivity contribution in [3.8, 4) is 0 Å². The molecule has 2 rings (SSSR count). The van der Waals surface area contributed by atoms with Crippen LogP contribution in [-0.4, -0.2) is 35.6 Å². The number of hydrogen-bond donors (Lipinski definition) is 2. The van der Waals surface area contributed by atoms with Crippen LogP contribution in [0.3, 0.4) is 0 Å². The highest BCUT2D eigenvalue weighted by Crippen LogP contribution is 2.24. The number of aryl methyl sites for hydroxylation is 1. The second-order valence-electron chi connectivity index (χ2n) is 4.84. The minimum absolute atomic E-state index is 0. The molecular weight excluding hydrogens is 353 g/mol. The van der Waals surface area contributed by atoms with Crippen molar-refractivity contribution in [3.05, 3.63) is 18.2 Å². The summed E-state index contributed by atoms with van der Waals surface area (Å²) in [7, 11) is 1.82. The molecule has 1 aromatic rings. The third-order valence-electron chi connectivity index (χ3n) is 3.58. The van der Waals surface area contributed by atoms with Gasteiger partial charge >= 0.3 is 0 Å². The molecule has 0 amide bonds. The van der Waals surface area contributed by atoms with Gasteiger partial charge in [0.25, 0.3) is 0 Å². The molecule has 0 atom stereocenters. The summed E-state index contributed by atoms with van der Waals surface area (Å²) in [6.07, 6.45) is 7.94. The Kier molecular flexibility index (Phi) is 7.19. The van der Waals surface area contributed by atoms with E-state index in [-0.39, 0.29) is 24.0 Å². The van der Waals surface area contributed by atoms with Gasteiger partial charge < -0.3 is 15.2 Å². The summed E-state index contributed by atoms with van der Waals surface area (Å²) in [6, 6.07) is 0. The van der Waals surface area contributed by atoms with Crippen molar-refractivity contribution in [1.82, 2.24) is 20.2 Å². The van der Waals surface area contributed by atoms with E-state index in [2.05, 4.69) is 25.2 Å². The van der Waals surface area contributed by atoms with Gasteiger partial charge in [0.05, 0.1) is 0 Å². The lowest BCUT2D eigenvalue weighted by atomic mass is 9.85. The molecule has 2 N–H and O–H groups in total. The van der Waals surface area contributed by atoms with E-state index in [0.29, 0.717) is 0 Å². The number of rotatable bonds is 5. The van der Waals surface area contributed by atoms with Crippen molar-refractivity contribution >= 4 is 29.9 Å². The summed E-state index contributed by atoms with van der Waals surface area (Å²) < 4.78 is 2.13. The highest BCUT2D eigenvalue weighted by Gasteiger charge is 2.17. The number of aromatic nitrogens is 2. The van der Waals surface area contributed by atoms with E-state index in [1.807, 2.05) is 26.4 Å². The van der Waals surface area contributed by atoms with Crippen molar-refractivity contribution in [3.63, 3.8) is 0 Å². The molecule has 0 aliphatic heterocycles. The third kappa shape index (κ3) is 5.00. The largest absolute Gasteiger partial charge is 0.356 e. The van der Waals surface area contributed by atoms with E-state index >= 15 is 0 Å². The fraction of sp³-hybridized carbons (Fsp3) is 0.692. The Labute approximate surface area is 132 Å². The van der Waals surface area contributed by atoms with Gasteiger partial charge in [-0.15, -0.1) is 24.0 Å². The summed E-state index contributed by atoms with van der Waals surface area (Å²) in [5.74, 6) is 2.80. The fourth-order valence-electron chi connectivity index (χ4n) is 2.09.